The Morgan fingerprint density at radius 3 is 2.49 bits per heavy atom. The number of sulfonamides is 1. The molecule has 1 aliphatic rings. The molecule has 1 aromatic carbocycles. The summed E-state index contributed by atoms with van der Waals surface area (Å²) in [4.78, 5) is 37.1. The van der Waals surface area contributed by atoms with E-state index >= 15 is 0 Å². The zero-order chi connectivity index (χ0) is 32.8. The number of rotatable bonds is 8. The van der Waals surface area contributed by atoms with E-state index in [-0.39, 0.29) is 27.8 Å². The predicted molar refractivity (Wildman–Crippen MR) is 163 cm³/mol. The number of pyridine rings is 1. The predicted octanol–water partition coefficient (Wildman–Crippen LogP) is 4.27. The summed E-state index contributed by atoms with van der Waals surface area (Å²) in [6.07, 6.45) is 2.31. The fourth-order valence-electron chi connectivity index (χ4n) is 5.65. The van der Waals surface area contributed by atoms with Crippen LogP contribution in [0.5, 0.6) is 0 Å². The molecule has 0 radical (unpaired) electrons. The van der Waals surface area contributed by atoms with Crippen LogP contribution in [-0.2, 0) is 17.1 Å². The van der Waals surface area contributed by atoms with Crippen LogP contribution in [0.15, 0.2) is 35.3 Å². The molecule has 4 aromatic rings. The van der Waals surface area contributed by atoms with Crippen molar-refractivity contribution in [2.24, 2.45) is 7.05 Å². The van der Waals surface area contributed by atoms with Gasteiger partial charge in [0, 0.05) is 31.6 Å². The number of hydrogen-bond donors (Lipinski definition) is 2. The normalized spacial score (nSPS) is 15.1. The first-order chi connectivity index (χ1) is 21.1. The van der Waals surface area contributed by atoms with Crippen molar-refractivity contribution in [2.45, 2.75) is 45.2 Å². The van der Waals surface area contributed by atoms with E-state index in [4.69, 9.17) is 16.6 Å². The van der Waals surface area contributed by atoms with Crippen LogP contribution in [0.4, 0.5) is 24.8 Å². The van der Waals surface area contributed by atoms with Gasteiger partial charge in [0.2, 0.25) is 16.0 Å². The van der Waals surface area contributed by atoms with E-state index in [1.54, 1.807) is 20.0 Å². The molecular weight excluding hydrogens is 637 g/mol. The second kappa shape index (κ2) is 12.3. The van der Waals surface area contributed by atoms with Crippen molar-refractivity contribution in [3.8, 4) is 0 Å². The summed E-state index contributed by atoms with van der Waals surface area (Å²) in [5.41, 5.74) is 1.30. The second-order valence-electron chi connectivity index (χ2n) is 11.0. The maximum atomic E-state index is 14.4. The van der Waals surface area contributed by atoms with E-state index in [1.165, 1.54) is 16.7 Å². The molecule has 1 fully saturated rings. The van der Waals surface area contributed by atoms with Crippen LogP contribution in [0.25, 0.3) is 10.9 Å². The van der Waals surface area contributed by atoms with Crippen molar-refractivity contribution in [3.63, 3.8) is 0 Å². The Balaban J connectivity index is 1.48. The van der Waals surface area contributed by atoms with Crippen molar-refractivity contribution in [1.29, 1.82) is 0 Å². The van der Waals surface area contributed by atoms with Gasteiger partial charge in [0.25, 0.3) is 11.5 Å². The molecule has 1 aliphatic heterocycles. The van der Waals surface area contributed by atoms with Gasteiger partial charge in [-0.2, -0.15) is 13.9 Å². The minimum atomic E-state index is -3.88. The smallest absolute Gasteiger partial charge is 0.333 e. The summed E-state index contributed by atoms with van der Waals surface area (Å²) in [7, 11) is -2.29. The molecule has 0 aliphatic carbocycles. The number of fused-ring (bicyclic) bond motifs is 1. The third-order valence-corrected chi connectivity index (χ3v) is 8.43. The minimum absolute atomic E-state index is 0.0205. The monoisotopic (exact) mass is 666 g/mol. The molecule has 240 valence electrons. The Bertz CT molecular complexity index is 1960. The molecule has 1 amide bonds. The van der Waals surface area contributed by atoms with Gasteiger partial charge in [-0.3, -0.25) is 14.2 Å². The zero-order valence-electron chi connectivity index (χ0n) is 24.7. The highest BCUT2D eigenvalue weighted by Crippen LogP contribution is 2.34. The topological polar surface area (TPSA) is 144 Å². The number of anilines is 2. The number of carbonyl (C=O) groups excluding carboxylic acids is 1. The highest BCUT2D eigenvalue weighted by atomic mass is 35.5. The zero-order valence-corrected chi connectivity index (χ0v) is 26.3. The van der Waals surface area contributed by atoms with E-state index in [0.29, 0.717) is 53.0 Å². The van der Waals surface area contributed by atoms with Gasteiger partial charge >= 0.3 is 6.55 Å². The molecule has 3 aromatic heterocycles. The van der Waals surface area contributed by atoms with Gasteiger partial charge in [-0.1, -0.05) is 17.7 Å². The number of nitrogens with zero attached hydrogens (tertiary/aromatic N) is 6. The Hall–Kier alpha value is -4.18. The maximum absolute atomic E-state index is 14.4. The van der Waals surface area contributed by atoms with Gasteiger partial charge < -0.3 is 10.2 Å². The van der Waals surface area contributed by atoms with Gasteiger partial charge in [-0.25, -0.2) is 32.2 Å². The highest BCUT2D eigenvalue weighted by molar-refractivity contribution is 7.89. The number of nitrogens with one attached hydrogen (secondary N) is 2. The Labute approximate surface area is 261 Å². The molecule has 2 N–H and O–H groups in total. The van der Waals surface area contributed by atoms with Gasteiger partial charge in [0.15, 0.2) is 11.5 Å². The molecule has 5 rings (SSSR count). The standard InChI is InChI=1S/C28H30ClF3N8O4S/c1-14-11-17(15(2)34-20-5-6-21(29)35-23(20)25(41)37-45(4,43)44)22-18(12-14)26(42)38(3)28(36-22)39-9-7-16(8-10-39)24-19(30)13-33-40(24)27(31)32/h5-6,11-13,15-16,27,34H,7-10H2,1-4H3,(H,37,41)/t15-/m1/s1. The molecule has 0 spiro atoms. The maximum Gasteiger partial charge on any atom is 0.333 e. The van der Waals surface area contributed by atoms with E-state index < -0.39 is 40.3 Å². The van der Waals surface area contributed by atoms with Crippen LogP contribution in [0.2, 0.25) is 5.15 Å². The SMILES string of the molecule is Cc1cc([C@@H](C)Nc2ccc(Cl)nc2C(=O)NS(C)(=O)=O)c2nc(N3CCC(c4c(F)cnn4C(F)F)CC3)n(C)c(=O)c2c1. The van der Waals surface area contributed by atoms with Gasteiger partial charge in [0.1, 0.15) is 5.15 Å². The molecule has 17 heteroatoms. The number of amides is 1. The number of hydrogen-bond acceptors (Lipinski definition) is 9. The third kappa shape index (κ3) is 6.61. The minimum Gasteiger partial charge on any atom is -0.377 e. The molecule has 1 saturated heterocycles. The van der Waals surface area contributed by atoms with Crippen LogP contribution in [0, 0.1) is 12.7 Å². The number of aryl methyl sites for hydroxylation is 1. The molecule has 0 bridgehead atoms. The van der Waals surface area contributed by atoms with E-state index in [2.05, 4.69) is 15.4 Å². The molecule has 45 heavy (non-hydrogen) atoms. The van der Waals surface area contributed by atoms with E-state index in [9.17, 15) is 31.2 Å². The number of piperidine rings is 1. The van der Waals surface area contributed by atoms with Crippen LogP contribution in [0.1, 0.15) is 65.6 Å². The van der Waals surface area contributed by atoms with Crippen molar-refractivity contribution in [1.82, 2.24) is 29.0 Å². The highest BCUT2D eigenvalue weighted by Gasteiger charge is 2.31. The fraction of sp³-hybridized carbons (Fsp3) is 0.393. The Morgan fingerprint density at radius 1 is 1.16 bits per heavy atom. The first-order valence-corrected chi connectivity index (χ1v) is 16.1. The first-order valence-electron chi connectivity index (χ1n) is 13.9. The lowest BCUT2D eigenvalue weighted by Gasteiger charge is -2.33. The Morgan fingerprint density at radius 2 is 1.84 bits per heavy atom. The van der Waals surface area contributed by atoms with E-state index in [0.717, 1.165) is 18.0 Å². The summed E-state index contributed by atoms with van der Waals surface area (Å²) in [6.45, 7) is 1.30. The molecule has 0 unspecified atom stereocenters. The summed E-state index contributed by atoms with van der Waals surface area (Å²) in [5.74, 6) is -1.88. The summed E-state index contributed by atoms with van der Waals surface area (Å²) in [5, 5.41) is 6.98. The third-order valence-electron chi connectivity index (χ3n) is 7.66. The van der Waals surface area contributed by atoms with Crippen LogP contribution in [0.3, 0.4) is 0 Å². The number of halogens is 4. The van der Waals surface area contributed by atoms with Crippen molar-refractivity contribution in [3.05, 3.63) is 74.3 Å². The van der Waals surface area contributed by atoms with Crippen LogP contribution >= 0.6 is 11.6 Å². The summed E-state index contributed by atoms with van der Waals surface area (Å²) < 4.78 is 68.3. The van der Waals surface area contributed by atoms with Gasteiger partial charge in [-0.15, -0.1) is 0 Å². The lowest BCUT2D eigenvalue weighted by molar-refractivity contribution is 0.0510. The Kier molecular flexibility index (Phi) is 8.81. The quantitative estimate of drug-likeness (QED) is 0.264. The van der Waals surface area contributed by atoms with Crippen LogP contribution < -0.4 is 20.5 Å². The van der Waals surface area contributed by atoms with Crippen molar-refractivity contribution in [2.75, 3.05) is 29.6 Å². The molecule has 1 atom stereocenters. The fourth-order valence-corrected chi connectivity index (χ4v) is 6.23. The second-order valence-corrected chi connectivity index (χ2v) is 13.1. The molecular formula is C28H30ClF3N8O4S. The first kappa shape index (κ1) is 32.2. The van der Waals surface area contributed by atoms with Gasteiger partial charge in [0.05, 0.1) is 40.8 Å². The average molecular weight is 667 g/mol. The number of carbonyl (C=O) groups is 1. The molecule has 4 heterocycles. The summed E-state index contributed by atoms with van der Waals surface area (Å²) >= 11 is 6.00. The lowest BCUT2D eigenvalue weighted by Crippen LogP contribution is -2.38. The number of alkyl halides is 2. The van der Waals surface area contributed by atoms with Crippen LogP contribution in [-0.4, -0.2) is 58.0 Å². The lowest BCUT2D eigenvalue weighted by atomic mass is 9.93. The molecule has 12 nitrogen and oxygen atoms in total. The van der Waals surface area contributed by atoms with Gasteiger partial charge in [-0.05, 0) is 50.5 Å². The number of benzene rings is 1. The summed E-state index contributed by atoms with van der Waals surface area (Å²) in [6, 6.07) is 5.94. The van der Waals surface area contributed by atoms with Crippen molar-refractivity contribution < 1.29 is 26.4 Å². The average Bonchev–Trinajstić information content (AvgIpc) is 3.36. The van der Waals surface area contributed by atoms with Crippen molar-refractivity contribution >= 4 is 50.1 Å². The number of aromatic nitrogens is 5. The molecule has 0 saturated carbocycles. The van der Waals surface area contributed by atoms with E-state index in [1.807, 2.05) is 22.6 Å². The largest absolute Gasteiger partial charge is 0.377 e.